The Morgan fingerprint density at radius 2 is 1.31 bits per heavy atom. The lowest BCUT2D eigenvalue weighted by Crippen LogP contribution is -2.66. The summed E-state index contributed by atoms with van der Waals surface area (Å²) in [5, 5.41) is 23.2. The number of aliphatic hydroxyl groups is 2. The molecule has 0 radical (unpaired) electrons. The summed E-state index contributed by atoms with van der Waals surface area (Å²) in [6.07, 6.45) is 2.64. The van der Waals surface area contributed by atoms with Gasteiger partial charge in [-0.1, -0.05) is 111 Å². The highest BCUT2D eigenvalue weighted by Gasteiger charge is 2.65. The van der Waals surface area contributed by atoms with E-state index in [2.05, 4.69) is 0 Å². The predicted molar refractivity (Wildman–Crippen MR) is 140 cm³/mol. The number of hydrogen-bond donors (Lipinski definition) is 2. The summed E-state index contributed by atoms with van der Waals surface area (Å²) in [6, 6.07) is 27.4. The van der Waals surface area contributed by atoms with Crippen LogP contribution in [0.25, 0.3) is 0 Å². The van der Waals surface area contributed by atoms with Crippen molar-refractivity contribution in [1.29, 1.82) is 0 Å². The summed E-state index contributed by atoms with van der Waals surface area (Å²) in [7, 11) is 0. The van der Waals surface area contributed by atoms with Crippen molar-refractivity contribution in [3.05, 3.63) is 114 Å². The minimum atomic E-state index is -1.75. The molecule has 35 heavy (non-hydrogen) atoms. The van der Waals surface area contributed by atoms with Crippen molar-refractivity contribution < 1.29 is 19.7 Å². The fraction of sp³-hybridized carbons (Fsp3) is 0.323. The number of rotatable bonds is 10. The molecule has 0 heterocycles. The Balaban J connectivity index is 2.46. The van der Waals surface area contributed by atoms with Crippen molar-refractivity contribution >= 4 is 5.97 Å². The zero-order valence-corrected chi connectivity index (χ0v) is 21.1. The third kappa shape index (κ3) is 4.56. The van der Waals surface area contributed by atoms with Crippen LogP contribution in [0.4, 0.5) is 0 Å². The van der Waals surface area contributed by atoms with Crippen molar-refractivity contribution in [2.45, 2.75) is 51.6 Å². The lowest BCUT2D eigenvalue weighted by molar-refractivity contribution is -0.164. The number of ether oxygens (including phenoxy) is 1. The van der Waals surface area contributed by atoms with Crippen LogP contribution in [-0.2, 0) is 10.2 Å². The van der Waals surface area contributed by atoms with Crippen LogP contribution in [0.5, 0.6) is 5.75 Å². The van der Waals surface area contributed by atoms with Gasteiger partial charge in [0.2, 0.25) is 0 Å². The van der Waals surface area contributed by atoms with Gasteiger partial charge in [0.1, 0.15) is 11.2 Å². The van der Waals surface area contributed by atoms with E-state index in [9.17, 15) is 15.0 Å². The van der Waals surface area contributed by atoms with E-state index in [1.165, 1.54) is 0 Å². The molecular weight excluding hydrogens is 436 g/mol. The van der Waals surface area contributed by atoms with Crippen molar-refractivity contribution in [3.63, 3.8) is 0 Å². The molecule has 0 aliphatic carbocycles. The third-order valence-electron chi connectivity index (χ3n) is 7.33. The molecule has 0 spiro atoms. The Morgan fingerprint density at radius 1 is 0.857 bits per heavy atom. The lowest BCUT2D eigenvalue weighted by atomic mass is 9.51. The summed E-state index contributed by atoms with van der Waals surface area (Å²) in [6.45, 7) is 7.55. The topological polar surface area (TPSA) is 66.8 Å². The highest BCUT2D eigenvalue weighted by atomic mass is 16.5. The number of allylic oxidation sites excluding steroid dienone is 1. The smallest absolute Gasteiger partial charge is 0.329 e. The van der Waals surface area contributed by atoms with E-state index in [0.717, 1.165) is 5.57 Å². The summed E-state index contributed by atoms with van der Waals surface area (Å²) in [4.78, 5) is 14.5. The van der Waals surface area contributed by atoms with Gasteiger partial charge < -0.3 is 14.9 Å². The van der Waals surface area contributed by atoms with Gasteiger partial charge in [-0.15, -0.1) is 0 Å². The summed E-state index contributed by atoms with van der Waals surface area (Å²) in [5.41, 5.74) is -2.11. The van der Waals surface area contributed by atoms with Crippen LogP contribution in [-0.4, -0.2) is 28.4 Å². The van der Waals surface area contributed by atoms with Crippen LogP contribution in [0.2, 0.25) is 0 Å². The number of aliphatic hydroxyl groups excluding tert-OH is 1. The number of para-hydroxylation sites is 1. The zero-order chi connectivity index (χ0) is 25.5. The van der Waals surface area contributed by atoms with Gasteiger partial charge in [-0.2, -0.15) is 0 Å². The lowest BCUT2D eigenvalue weighted by Gasteiger charge is -2.55. The SMILES string of the molecule is CC=C(CC)C(C)(C)[C@@](O)(CCO)C(C(=O)Oc1ccccc1)(c1ccccc1)c1ccccc1. The van der Waals surface area contributed by atoms with Crippen molar-refractivity contribution in [3.8, 4) is 5.75 Å². The van der Waals surface area contributed by atoms with Crippen molar-refractivity contribution in [1.82, 2.24) is 0 Å². The molecule has 3 aromatic carbocycles. The zero-order valence-electron chi connectivity index (χ0n) is 21.1. The molecule has 0 amide bonds. The van der Waals surface area contributed by atoms with Gasteiger partial charge in [-0.3, -0.25) is 4.79 Å². The van der Waals surface area contributed by atoms with E-state index >= 15 is 0 Å². The van der Waals surface area contributed by atoms with E-state index in [1.807, 2.05) is 101 Å². The molecule has 4 heteroatoms. The molecule has 4 nitrogen and oxygen atoms in total. The van der Waals surface area contributed by atoms with Crippen molar-refractivity contribution in [2.75, 3.05) is 6.61 Å². The van der Waals surface area contributed by atoms with Crippen LogP contribution >= 0.6 is 0 Å². The molecule has 184 valence electrons. The first-order valence-electron chi connectivity index (χ1n) is 12.2. The Labute approximate surface area is 208 Å². The Hall–Kier alpha value is -3.21. The summed E-state index contributed by atoms with van der Waals surface area (Å²) >= 11 is 0. The molecular formula is C31H36O4. The molecule has 0 bridgehead atoms. The second kappa shape index (κ2) is 11.0. The largest absolute Gasteiger partial charge is 0.426 e. The number of carbonyl (C=O) groups excluding carboxylic acids is 1. The first-order chi connectivity index (χ1) is 16.8. The van der Waals surface area contributed by atoms with E-state index in [1.54, 1.807) is 24.3 Å². The highest BCUT2D eigenvalue weighted by molar-refractivity contribution is 5.91. The molecule has 2 N–H and O–H groups in total. The molecule has 0 aromatic heterocycles. The first-order valence-corrected chi connectivity index (χ1v) is 12.2. The number of benzene rings is 3. The third-order valence-corrected chi connectivity index (χ3v) is 7.33. The Kier molecular flexibility index (Phi) is 8.31. The quantitative estimate of drug-likeness (QED) is 0.213. The average molecular weight is 473 g/mol. The van der Waals surface area contributed by atoms with Crippen LogP contribution in [0, 0.1) is 5.41 Å². The Morgan fingerprint density at radius 3 is 1.71 bits per heavy atom. The van der Waals surface area contributed by atoms with Gasteiger partial charge in [0.05, 0.1) is 5.60 Å². The molecule has 0 unspecified atom stereocenters. The van der Waals surface area contributed by atoms with Gasteiger partial charge in [0.25, 0.3) is 0 Å². The van der Waals surface area contributed by atoms with Gasteiger partial charge in [-0.05, 0) is 36.6 Å². The Bertz CT molecular complexity index is 1080. The monoisotopic (exact) mass is 472 g/mol. The molecule has 3 rings (SSSR count). The average Bonchev–Trinajstić information content (AvgIpc) is 2.87. The molecule has 0 fully saturated rings. The van der Waals surface area contributed by atoms with Gasteiger partial charge >= 0.3 is 5.97 Å². The van der Waals surface area contributed by atoms with E-state index in [0.29, 0.717) is 23.3 Å². The molecule has 3 aromatic rings. The maximum Gasteiger partial charge on any atom is 0.329 e. The number of esters is 1. The molecule has 0 saturated heterocycles. The van der Waals surface area contributed by atoms with E-state index < -0.39 is 22.4 Å². The number of hydrogen-bond acceptors (Lipinski definition) is 4. The maximum atomic E-state index is 14.5. The normalized spacial score (nSPS) is 14.3. The first kappa shape index (κ1) is 26.4. The van der Waals surface area contributed by atoms with Crippen molar-refractivity contribution in [2.24, 2.45) is 5.41 Å². The summed E-state index contributed by atoms with van der Waals surface area (Å²) < 4.78 is 6.02. The van der Waals surface area contributed by atoms with Crippen LogP contribution in [0.15, 0.2) is 103 Å². The molecule has 1 atom stereocenters. The number of carbonyl (C=O) groups is 1. The second-order valence-corrected chi connectivity index (χ2v) is 9.31. The van der Waals surface area contributed by atoms with Crippen LogP contribution in [0.1, 0.15) is 51.7 Å². The molecule has 0 aliphatic heterocycles. The van der Waals surface area contributed by atoms with Gasteiger partial charge in [0, 0.05) is 18.4 Å². The highest BCUT2D eigenvalue weighted by Crippen LogP contribution is 2.56. The minimum Gasteiger partial charge on any atom is -0.426 e. The fourth-order valence-corrected chi connectivity index (χ4v) is 5.50. The maximum absolute atomic E-state index is 14.5. The van der Waals surface area contributed by atoms with Gasteiger partial charge in [-0.25, -0.2) is 0 Å². The standard InChI is InChI=1S/C31H36O4/c1-5-24(6-2)29(3,4)30(34,22-23-32)31(25-16-10-7-11-17-25,26-18-12-8-13-19-26)28(33)35-27-20-14-9-15-21-27/h5,7-21,32,34H,6,22-23H2,1-4H3/t30-/m0/s1. The minimum absolute atomic E-state index is 0.0367. The molecule has 0 aliphatic rings. The van der Waals surface area contributed by atoms with Crippen LogP contribution < -0.4 is 4.74 Å². The summed E-state index contributed by atoms with van der Waals surface area (Å²) in [5.74, 6) is -0.212. The van der Waals surface area contributed by atoms with E-state index in [-0.39, 0.29) is 13.0 Å². The predicted octanol–water partition coefficient (Wildman–Crippen LogP) is 6.07. The van der Waals surface area contributed by atoms with Crippen LogP contribution in [0.3, 0.4) is 0 Å². The molecule has 0 saturated carbocycles. The van der Waals surface area contributed by atoms with Gasteiger partial charge in [0.15, 0.2) is 0 Å². The van der Waals surface area contributed by atoms with E-state index in [4.69, 9.17) is 4.74 Å². The fourth-order valence-electron chi connectivity index (χ4n) is 5.50. The second-order valence-electron chi connectivity index (χ2n) is 9.31.